The van der Waals surface area contributed by atoms with Crippen molar-refractivity contribution in [1.82, 2.24) is 5.32 Å². The number of rotatable bonds is 8. The lowest BCUT2D eigenvalue weighted by Crippen LogP contribution is -2.45. The Bertz CT molecular complexity index is 852. The summed E-state index contributed by atoms with van der Waals surface area (Å²) >= 11 is 0. The molecule has 0 unspecified atom stereocenters. The summed E-state index contributed by atoms with van der Waals surface area (Å²) < 4.78 is 24.2. The third kappa shape index (κ3) is 5.00. The molecule has 0 bridgehead atoms. The quantitative estimate of drug-likeness (QED) is 0.681. The van der Waals surface area contributed by atoms with Gasteiger partial charge in [-0.1, -0.05) is 18.2 Å². The summed E-state index contributed by atoms with van der Waals surface area (Å²) in [5.74, 6) is -0.347. The van der Waals surface area contributed by atoms with E-state index in [1.54, 1.807) is 26.4 Å². The summed E-state index contributed by atoms with van der Waals surface area (Å²) in [6, 6.07) is 11.3. The maximum Gasteiger partial charge on any atom is 0.239 e. The predicted octanol–water partition coefficient (Wildman–Crippen LogP) is 3.17. The van der Waals surface area contributed by atoms with Crippen LogP contribution in [0.1, 0.15) is 19.4 Å². The van der Waals surface area contributed by atoms with Crippen LogP contribution < -0.4 is 20.1 Å². The van der Waals surface area contributed by atoms with Crippen LogP contribution in [0.4, 0.5) is 10.1 Å². The second-order valence-electron chi connectivity index (χ2n) is 6.75. The standard InChI is InChI=1S/C21H25FN2O4/c1-21(2,20(26)24-16-8-6-5-7-15(16)22)19(25)23-12-11-14-9-10-17(27-3)18(13-14)28-4/h5-10,13H,11-12H2,1-4H3,(H,23,25)(H,24,26). The van der Waals surface area contributed by atoms with Crippen LogP contribution in [-0.2, 0) is 16.0 Å². The molecule has 2 N–H and O–H groups in total. The fraction of sp³-hybridized carbons (Fsp3) is 0.333. The van der Waals surface area contributed by atoms with Gasteiger partial charge in [-0.3, -0.25) is 9.59 Å². The lowest BCUT2D eigenvalue weighted by atomic mass is 9.90. The molecule has 2 amide bonds. The van der Waals surface area contributed by atoms with Gasteiger partial charge in [0.05, 0.1) is 19.9 Å². The molecule has 0 aromatic heterocycles. The highest BCUT2D eigenvalue weighted by Gasteiger charge is 2.36. The highest BCUT2D eigenvalue weighted by Crippen LogP contribution is 2.27. The molecule has 0 aliphatic rings. The van der Waals surface area contributed by atoms with Gasteiger partial charge in [0.2, 0.25) is 11.8 Å². The molecule has 0 saturated carbocycles. The first-order chi connectivity index (χ1) is 13.3. The zero-order valence-electron chi connectivity index (χ0n) is 16.5. The molecule has 150 valence electrons. The molecule has 7 heteroatoms. The van der Waals surface area contributed by atoms with Crippen LogP contribution in [0.15, 0.2) is 42.5 Å². The number of amides is 2. The minimum Gasteiger partial charge on any atom is -0.493 e. The molecule has 0 heterocycles. The van der Waals surface area contributed by atoms with E-state index in [1.165, 1.54) is 32.0 Å². The van der Waals surface area contributed by atoms with Gasteiger partial charge < -0.3 is 20.1 Å². The van der Waals surface area contributed by atoms with Gasteiger partial charge in [0.25, 0.3) is 0 Å². The Morgan fingerprint density at radius 3 is 2.32 bits per heavy atom. The SMILES string of the molecule is COc1ccc(CCNC(=O)C(C)(C)C(=O)Nc2ccccc2F)cc1OC. The number of hydrogen-bond donors (Lipinski definition) is 2. The second-order valence-corrected chi connectivity index (χ2v) is 6.75. The molecule has 0 aliphatic carbocycles. The molecule has 0 spiro atoms. The Kier molecular flexibility index (Phi) is 6.98. The number of halogens is 1. The van der Waals surface area contributed by atoms with Gasteiger partial charge in [-0.25, -0.2) is 4.39 Å². The molecule has 0 radical (unpaired) electrons. The predicted molar refractivity (Wildman–Crippen MR) is 105 cm³/mol. The minimum atomic E-state index is -1.36. The zero-order chi connectivity index (χ0) is 20.7. The summed E-state index contributed by atoms with van der Waals surface area (Å²) in [6.07, 6.45) is 0.553. The molecule has 2 aromatic carbocycles. The first-order valence-corrected chi connectivity index (χ1v) is 8.84. The van der Waals surface area contributed by atoms with Crippen LogP contribution >= 0.6 is 0 Å². The summed E-state index contributed by atoms with van der Waals surface area (Å²) in [4.78, 5) is 24.9. The van der Waals surface area contributed by atoms with Gasteiger partial charge in [-0.15, -0.1) is 0 Å². The number of anilines is 1. The summed E-state index contributed by atoms with van der Waals surface area (Å²) in [7, 11) is 3.12. The number of hydrogen-bond acceptors (Lipinski definition) is 4. The maximum atomic E-state index is 13.7. The van der Waals surface area contributed by atoms with Crippen LogP contribution in [0.5, 0.6) is 11.5 Å². The van der Waals surface area contributed by atoms with Crippen molar-refractivity contribution in [2.45, 2.75) is 20.3 Å². The largest absolute Gasteiger partial charge is 0.493 e. The summed E-state index contributed by atoms with van der Waals surface area (Å²) in [6.45, 7) is 3.33. The number of methoxy groups -OCH3 is 2. The zero-order valence-corrected chi connectivity index (χ0v) is 16.5. The highest BCUT2D eigenvalue weighted by atomic mass is 19.1. The average Bonchev–Trinajstić information content (AvgIpc) is 2.69. The van der Waals surface area contributed by atoms with Gasteiger partial charge >= 0.3 is 0 Å². The average molecular weight is 388 g/mol. The van der Waals surface area contributed by atoms with Gasteiger partial charge in [0.1, 0.15) is 11.2 Å². The van der Waals surface area contributed by atoms with Crippen molar-refractivity contribution in [2.24, 2.45) is 5.41 Å². The third-order valence-electron chi connectivity index (χ3n) is 4.40. The van der Waals surface area contributed by atoms with E-state index in [2.05, 4.69) is 10.6 Å². The van der Waals surface area contributed by atoms with E-state index in [1.807, 2.05) is 12.1 Å². The number of benzene rings is 2. The first-order valence-electron chi connectivity index (χ1n) is 8.84. The molecule has 0 aliphatic heterocycles. The summed E-state index contributed by atoms with van der Waals surface area (Å²) in [5, 5.41) is 5.22. The molecule has 6 nitrogen and oxygen atoms in total. The van der Waals surface area contributed by atoms with Crippen molar-refractivity contribution in [2.75, 3.05) is 26.1 Å². The second kappa shape index (κ2) is 9.21. The molecule has 28 heavy (non-hydrogen) atoms. The van der Waals surface area contributed by atoms with Crippen LogP contribution in [0.25, 0.3) is 0 Å². The fourth-order valence-corrected chi connectivity index (χ4v) is 2.52. The Hall–Kier alpha value is -3.09. The Labute approximate surface area is 164 Å². The Balaban J connectivity index is 1.94. The molecular formula is C21H25FN2O4. The topological polar surface area (TPSA) is 76.7 Å². The Morgan fingerprint density at radius 2 is 1.68 bits per heavy atom. The van der Waals surface area contributed by atoms with E-state index in [4.69, 9.17) is 9.47 Å². The van der Waals surface area contributed by atoms with Crippen molar-refractivity contribution in [1.29, 1.82) is 0 Å². The van der Waals surface area contributed by atoms with Crippen molar-refractivity contribution >= 4 is 17.5 Å². The van der Waals surface area contributed by atoms with Crippen molar-refractivity contribution < 1.29 is 23.5 Å². The Morgan fingerprint density at radius 1 is 1.00 bits per heavy atom. The van der Waals surface area contributed by atoms with E-state index in [0.29, 0.717) is 24.5 Å². The fourth-order valence-electron chi connectivity index (χ4n) is 2.52. The monoisotopic (exact) mass is 388 g/mol. The van der Waals surface area contributed by atoms with E-state index in [9.17, 15) is 14.0 Å². The van der Waals surface area contributed by atoms with Crippen LogP contribution in [-0.4, -0.2) is 32.6 Å². The maximum absolute atomic E-state index is 13.7. The molecule has 0 atom stereocenters. The number of para-hydroxylation sites is 1. The normalized spacial score (nSPS) is 10.9. The van der Waals surface area contributed by atoms with Crippen molar-refractivity contribution in [3.05, 3.63) is 53.8 Å². The number of carbonyl (C=O) groups excluding carboxylic acids is 2. The van der Waals surface area contributed by atoms with Crippen LogP contribution in [0.3, 0.4) is 0 Å². The van der Waals surface area contributed by atoms with Crippen molar-refractivity contribution in [3.63, 3.8) is 0 Å². The van der Waals surface area contributed by atoms with Gasteiger partial charge in [0, 0.05) is 6.54 Å². The molecular weight excluding hydrogens is 363 g/mol. The number of nitrogens with one attached hydrogen (secondary N) is 2. The van der Waals surface area contributed by atoms with E-state index < -0.39 is 23.0 Å². The summed E-state index contributed by atoms with van der Waals surface area (Å²) in [5.41, 5.74) is -0.370. The van der Waals surface area contributed by atoms with Gasteiger partial charge in [0.15, 0.2) is 11.5 Å². The highest BCUT2D eigenvalue weighted by molar-refractivity contribution is 6.09. The van der Waals surface area contributed by atoms with E-state index >= 15 is 0 Å². The molecule has 0 fully saturated rings. The molecule has 2 rings (SSSR count). The third-order valence-corrected chi connectivity index (χ3v) is 4.40. The van der Waals surface area contributed by atoms with Crippen LogP contribution in [0, 0.1) is 11.2 Å². The number of carbonyl (C=O) groups is 2. The number of ether oxygens (including phenoxy) is 2. The van der Waals surface area contributed by atoms with E-state index in [-0.39, 0.29) is 5.69 Å². The lowest BCUT2D eigenvalue weighted by Gasteiger charge is -2.23. The van der Waals surface area contributed by atoms with Crippen LogP contribution in [0.2, 0.25) is 0 Å². The molecule has 0 saturated heterocycles. The van der Waals surface area contributed by atoms with Gasteiger partial charge in [-0.2, -0.15) is 0 Å². The van der Waals surface area contributed by atoms with Gasteiger partial charge in [-0.05, 0) is 50.1 Å². The first kappa shape index (κ1) is 21.2. The van der Waals surface area contributed by atoms with Crippen molar-refractivity contribution in [3.8, 4) is 11.5 Å². The smallest absolute Gasteiger partial charge is 0.239 e. The van der Waals surface area contributed by atoms with E-state index in [0.717, 1.165) is 5.56 Å². The minimum absolute atomic E-state index is 0.0405. The molecule has 2 aromatic rings. The lowest BCUT2D eigenvalue weighted by molar-refractivity contribution is -0.138.